The lowest BCUT2D eigenvalue weighted by Crippen LogP contribution is -2.47. The molecule has 1 saturated heterocycles. The number of fused-ring (bicyclic) bond motifs is 1. The van der Waals surface area contributed by atoms with Crippen molar-refractivity contribution in [1.82, 2.24) is 14.5 Å². The molecule has 1 aliphatic heterocycles. The van der Waals surface area contributed by atoms with Crippen LogP contribution in [0.4, 0.5) is 5.82 Å². The van der Waals surface area contributed by atoms with Crippen LogP contribution < -0.4 is 10.7 Å². The van der Waals surface area contributed by atoms with E-state index in [0.29, 0.717) is 28.9 Å². The van der Waals surface area contributed by atoms with Crippen LogP contribution in [0.5, 0.6) is 0 Å². The molecule has 7 heteroatoms. The number of hydrogen-bond donors (Lipinski definition) is 0. The molecule has 0 bridgehead atoms. The van der Waals surface area contributed by atoms with Gasteiger partial charge in [0.1, 0.15) is 5.82 Å². The van der Waals surface area contributed by atoms with Crippen LogP contribution in [0.15, 0.2) is 82.1 Å². The fraction of sp³-hybridized carbons (Fsp3) is 0.208. The van der Waals surface area contributed by atoms with Gasteiger partial charge >= 0.3 is 5.76 Å². The van der Waals surface area contributed by atoms with Crippen molar-refractivity contribution in [3.8, 4) is 0 Å². The van der Waals surface area contributed by atoms with E-state index in [1.54, 1.807) is 41.1 Å². The second kappa shape index (κ2) is 8.20. The topological polar surface area (TPSA) is 71.6 Å². The highest BCUT2D eigenvalue weighted by molar-refractivity contribution is 6.10. The average molecular weight is 414 g/mol. The van der Waals surface area contributed by atoms with Gasteiger partial charge in [0.2, 0.25) is 0 Å². The molecule has 0 aliphatic carbocycles. The van der Waals surface area contributed by atoms with Gasteiger partial charge in [-0.3, -0.25) is 14.3 Å². The zero-order valence-electron chi connectivity index (χ0n) is 17.0. The number of carbonyl (C=O) groups excluding carboxylic acids is 1. The number of pyridine rings is 1. The molecular weight excluding hydrogens is 392 g/mol. The summed E-state index contributed by atoms with van der Waals surface area (Å²) in [5.74, 6) is 0.471. The van der Waals surface area contributed by atoms with Crippen molar-refractivity contribution >= 4 is 22.7 Å². The number of anilines is 1. The molecule has 1 fully saturated rings. The van der Waals surface area contributed by atoms with Gasteiger partial charge in [0, 0.05) is 43.5 Å². The quantitative estimate of drug-likeness (QED) is 0.468. The van der Waals surface area contributed by atoms with Crippen molar-refractivity contribution < 1.29 is 9.21 Å². The Hall–Kier alpha value is -3.71. The molecule has 0 saturated carbocycles. The van der Waals surface area contributed by atoms with Gasteiger partial charge in [-0.2, -0.15) is 0 Å². The van der Waals surface area contributed by atoms with E-state index < -0.39 is 5.76 Å². The highest BCUT2D eigenvalue weighted by atomic mass is 16.4. The first-order chi connectivity index (χ1) is 15.2. The zero-order chi connectivity index (χ0) is 21.2. The van der Waals surface area contributed by atoms with Crippen LogP contribution in [0.1, 0.15) is 15.9 Å². The molecule has 7 nitrogen and oxygen atoms in total. The summed E-state index contributed by atoms with van der Waals surface area (Å²) in [6, 6.07) is 20.2. The first kappa shape index (κ1) is 19.3. The summed E-state index contributed by atoms with van der Waals surface area (Å²) in [5.41, 5.74) is 2.23. The second-order valence-corrected chi connectivity index (χ2v) is 7.61. The monoisotopic (exact) mass is 414 g/mol. The van der Waals surface area contributed by atoms with Crippen molar-refractivity contribution in [3.63, 3.8) is 0 Å². The third kappa shape index (κ3) is 3.87. The van der Waals surface area contributed by atoms with Crippen molar-refractivity contribution in [3.05, 3.63) is 94.6 Å². The molecule has 1 aliphatic rings. The van der Waals surface area contributed by atoms with Gasteiger partial charge in [-0.25, -0.2) is 9.78 Å². The third-order valence-corrected chi connectivity index (χ3v) is 5.65. The first-order valence-electron chi connectivity index (χ1n) is 10.3. The van der Waals surface area contributed by atoms with Gasteiger partial charge in [-0.1, -0.05) is 36.4 Å². The molecule has 0 amide bonds. The molecular formula is C24H22N4O3. The Morgan fingerprint density at radius 1 is 0.903 bits per heavy atom. The zero-order valence-corrected chi connectivity index (χ0v) is 17.0. The number of rotatable bonds is 5. The molecule has 0 radical (unpaired) electrons. The Bertz CT molecular complexity index is 1260. The maximum atomic E-state index is 12.7. The normalized spacial score (nSPS) is 14.8. The van der Waals surface area contributed by atoms with Gasteiger partial charge in [0.25, 0.3) is 0 Å². The number of oxazole rings is 1. The lowest BCUT2D eigenvalue weighted by Gasteiger charge is -2.35. The Labute approximate surface area is 179 Å². The summed E-state index contributed by atoms with van der Waals surface area (Å²) < 4.78 is 7.09. The Balaban J connectivity index is 1.32. The second-order valence-electron chi connectivity index (χ2n) is 7.61. The smallest absolute Gasteiger partial charge is 0.408 e. The number of carbonyl (C=O) groups is 1. The fourth-order valence-electron chi connectivity index (χ4n) is 3.96. The highest BCUT2D eigenvalue weighted by Gasteiger charge is 2.20. The van der Waals surface area contributed by atoms with Crippen LogP contribution in [0.2, 0.25) is 0 Å². The largest absolute Gasteiger partial charge is 0.421 e. The van der Waals surface area contributed by atoms with Gasteiger partial charge in [-0.05, 0) is 30.3 Å². The predicted molar refractivity (Wildman–Crippen MR) is 118 cm³/mol. The lowest BCUT2D eigenvalue weighted by molar-refractivity contribution is 0.103. The van der Waals surface area contributed by atoms with Crippen molar-refractivity contribution in [2.45, 2.75) is 6.67 Å². The number of piperazine rings is 1. The van der Waals surface area contributed by atoms with E-state index in [2.05, 4.69) is 14.8 Å². The maximum Gasteiger partial charge on any atom is 0.421 e. The van der Waals surface area contributed by atoms with E-state index in [1.165, 1.54) is 0 Å². The number of nitrogens with zero attached hydrogens (tertiary/aromatic N) is 4. The van der Waals surface area contributed by atoms with Crippen molar-refractivity contribution in [2.24, 2.45) is 0 Å². The van der Waals surface area contributed by atoms with E-state index in [4.69, 9.17) is 4.42 Å². The standard InChI is InChI=1S/C24H22N4O3/c29-23(18-6-2-1-3-7-18)19-9-10-20-21(16-19)31-24(30)28(20)17-26-12-14-27(15-13-26)22-8-4-5-11-25-22/h1-11,16H,12-15,17H2. The van der Waals surface area contributed by atoms with Gasteiger partial charge in [-0.15, -0.1) is 0 Å². The number of ketones is 1. The minimum atomic E-state index is -0.411. The van der Waals surface area contributed by atoms with Crippen LogP contribution >= 0.6 is 0 Å². The molecule has 31 heavy (non-hydrogen) atoms. The minimum Gasteiger partial charge on any atom is -0.408 e. The summed E-state index contributed by atoms with van der Waals surface area (Å²) in [7, 11) is 0. The van der Waals surface area contributed by atoms with E-state index in [9.17, 15) is 9.59 Å². The van der Waals surface area contributed by atoms with Gasteiger partial charge in [0.15, 0.2) is 11.4 Å². The molecule has 0 spiro atoms. The molecule has 0 unspecified atom stereocenters. The number of hydrogen-bond acceptors (Lipinski definition) is 6. The summed E-state index contributed by atoms with van der Waals surface area (Å²) in [4.78, 5) is 34.1. The molecule has 5 rings (SSSR count). The Morgan fingerprint density at radius 2 is 1.68 bits per heavy atom. The van der Waals surface area contributed by atoms with Crippen molar-refractivity contribution in [1.29, 1.82) is 0 Å². The Kier molecular flexibility index (Phi) is 5.09. The van der Waals surface area contributed by atoms with Gasteiger partial charge in [0.05, 0.1) is 12.2 Å². The average Bonchev–Trinajstić information content (AvgIpc) is 3.14. The summed E-state index contributed by atoms with van der Waals surface area (Å²) in [6.07, 6.45) is 1.80. The predicted octanol–water partition coefficient (Wildman–Crippen LogP) is 3.00. The van der Waals surface area contributed by atoms with Crippen LogP contribution in [-0.4, -0.2) is 46.4 Å². The number of aromatic nitrogens is 2. The molecule has 2 aromatic heterocycles. The highest BCUT2D eigenvalue weighted by Crippen LogP contribution is 2.19. The molecule has 0 atom stereocenters. The summed E-state index contributed by atoms with van der Waals surface area (Å²) in [5, 5.41) is 0. The van der Waals surface area contributed by atoms with Crippen molar-refractivity contribution in [2.75, 3.05) is 31.1 Å². The lowest BCUT2D eigenvalue weighted by atomic mass is 10.0. The van der Waals surface area contributed by atoms with E-state index in [0.717, 1.165) is 32.0 Å². The fourth-order valence-corrected chi connectivity index (χ4v) is 3.96. The third-order valence-electron chi connectivity index (χ3n) is 5.65. The van der Waals surface area contributed by atoms with Gasteiger partial charge < -0.3 is 9.32 Å². The van der Waals surface area contributed by atoms with E-state index in [1.807, 2.05) is 36.4 Å². The molecule has 4 aromatic rings. The summed E-state index contributed by atoms with van der Waals surface area (Å²) >= 11 is 0. The first-order valence-corrected chi connectivity index (χ1v) is 10.3. The number of benzene rings is 2. The SMILES string of the molecule is O=C(c1ccccc1)c1ccc2c(c1)oc(=O)n2CN1CCN(c2ccccn2)CC1. The van der Waals surface area contributed by atoms with E-state index in [-0.39, 0.29) is 5.78 Å². The molecule has 3 heterocycles. The van der Waals surface area contributed by atoms with Crippen LogP contribution in [0.3, 0.4) is 0 Å². The van der Waals surface area contributed by atoms with Crippen LogP contribution in [-0.2, 0) is 6.67 Å². The van der Waals surface area contributed by atoms with Crippen LogP contribution in [0, 0.1) is 0 Å². The van der Waals surface area contributed by atoms with E-state index >= 15 is 0 Å². The maximum absolute atomic E-state index is 12.7. The minimum absolute atomic E-state index is 0.0939. The Morgan fingerprint density at radius 3 is 2.42 bits per heavy atom. The summed E-state index contributed by atoms with van der Waals surface area (Å²) in [6.45, 7) is 3.78. The molecule has 156 valence electrons. The van der Waals surface area contributed by atoms with Crippen LogP contribution in [0.25, 0.3) is 11.1 Å². The molecule has 2 aromatic carbocycles. The molecule has 0 N–H and O–H groups in total.